The van der Waals surface area contributed by atoms with Crippen molar-refractivity contribution in [3.8, 4) is 11.3 Å². The van der Waals surface area contributed by atoms with Crippen molar-refractivity contribution in [3.05, 3.63) is 84.8 Å². The zero-order valence-electron chi connectivity index (χ0n) is 14.2. The minimum Gasteiger partial charge on any atom is -0.326 e. The Morgan fingerprint density at radius 1 is 1.00 bits per heavy atom. The first-order chi connectivity index (χ1) is 12.8. The fourth-order valence-electron chi connectivity index (χ4n) is 2.82. The van der Waals surface area contributed by atoms with E-state index < -0.39 is 0 Å². The lowest BCUT2D eigenvalue weighted by molar-refractivity contribution is -0.116. The van der Waals surface area contributed by atoms with E-state index in [-0.39, 0.29) is 5.91 Å². The second kappa shape index (κ2) is 7.19. The third-order valence-corrected chi connectivity index (χ3v) is 4.18. The van der Waals surface area contributed by atoms with Crippen LogP contribution >= 0.6 is 0 Å². The molecule has 0 aliphatic heterocycles. The Labute approximate surface area is 151 Å². The summed E-state index contributed by atoms with van der Waals surface area (Å²) in [6, 6.07) is 19.6. The van der Waals surface area contributed by atoms with E-state index in [1.165, 1.54) is 5.56 Å². The maximum Gasteiger partial charge on any atom is 0.234 e. The van der Waals surface area contributed by atoms with Crippen LogP contribution in [0.3, 0.4) is 0 Å². The van der Waals surface area contributed by atoms with Gasteiger partial charge in [-0.05, 0) is 30.2 Å². The van der Waals surface area contributed by atoms with Crippen LogP contribution in [0.25, 0.3) is 17.0 Å². The van der Waals surface area contributed by atoms with Gasteiger partial charge in [0.25, 0.3) is 0 Å². The molecule has 0 spiro atoms. The van der Waals surface area contributed by atoms with Gasteiger partial charge in [-0.25, -0.2) is 9.97 Å². The molecule has 0 aliphatic carbocycles. The Morgan fingerprint density at radius 2 is 1.81 bits per heavy atom. The van der Waals surface area contributed by atoms with E-state index in [9.17, 15) is 4.79 Å². The summed E-state index contributed by atoms with van der Waals surface area (Å²) in [5.74, 6) is 0.680. The van der Waals surface area contributed by atoms with Crippen LogP contribution in [0.5, 0.6) is 0 Å². The summed E-state index contributed by atoms with van der Waals surface area (Å²) in [5.41, 5.74) is 3.79. The number of rotatable bonds is 5. The van der Waals surface area contributed by atoms with Crippen molar-refractivity contribution in [2.24, 2.45) is 0 Å². The molecule has 5 heteroatoms. The molecule has 0 bridgehead atoms. The predicted octanol–water partition coefficient (Wildman–Crippen LogP) is 3.97. The highest BCUT2D eigenvalue weighted by Gasteiger charge is 2.06. The summed E-state index contributed by atoms with van der Waals surface area (Å²) in [6.45, 7) is 0. The van der Waals surface area contributed by atoms with Crippen LogP contribution in [0.2, 0.25) is 0 Å². The van der Waals surface area contributed by atoms with Gasteiger partial charge in [-0.2, -0.15) is 0 Å². The predicted molar refractivity (Wildman–Crippen MR) is 102 cm³/mol. The molecule has 0 aliphatic rings. The summed E-state index contributed by atoms with van der Waals surface area (Å²) in [7, 11) is 0. The van der Waals surface area contributed by atoms with Gasteiger partial charge in [0.05, 0.1) is 5.69 Å². The second-order valence-corrected chi connectivity index (χ2v) is 6.06. The molecule has 5 nitrogen and oxygen atoms in total. The first-order valence-electron chi connectivity index (χ1n) is 8.52. The molecule has 2 aromatic carbocycles. The molecular weight excluding hydrogens is 324 g/mol. The number of aryl methyl sites for hydroxylation is 1. The first kappa shape index (κ1) is 16.0. The summed E-state index contributed by atoms with van der Waals surface area (Å²) in [5, 5.41) is 2.94. The van der Waals surface area contributed by atoms with Gasteiger partial charge in [0, 0.05) is 36.3 Å². The van der Waals surface area contributed by atoms with E-state index >= 15 is 0 Å². The number of hydrogen-bond acceptors (Lipinski definition) is 3. The fourth-order valence-corrected chi connectivity index (χ4v) is 2.82. The first-order valence-corrected chi connectivity index (χ1v) is 8.52. The number of hydrogen-bond donors (Lipinski definition) is 1. The topological polar surface area (TPSA) is 59.3 Å². The minimum absolute atomic E-state index is 0.0125. The molecule has 0 radical (unpaired) electrons. The zero-order valence-corrected chi connectivity index (χ0v) is 14.2. The van der Waals surface area contributed by atoms with Crippen molar-refractivity contribution in [2.45, 2.75) is 12.8 Å². The number of carbonyl (C=O) groups is 1. The average Bonchev–Trinajstić information content (AvgIpc) is 3.12. The fraction of sp³-hybridized carbons (Fsp3) is 0.0952. The summed E-state index contributed by atoms with van der Waals surface area (Å²) < 4.78 is 1.88. The van der Waals surface area contributed by atoms with Crippen molar-refractivity contribution in [1.29, 1.82) is 0 Å². The molecule has 4 rings (SSSR count). The largest absolute Gasteiger partial charge is 0.326 e. The Bertz CT molecular complexity index is 990. The number of anilines is 1. The maximum absolute atomic E-state index is 12.1. The van der Waals surface area contributed by atoms with E-state index in [4.69, 9.17) is 0 Å². The lowest BCUT2D eigenvalue weighted by Crippen LogP contribution is -2.12. The average molecular weight is 342 g/mol. The van der Waals surface area contributed by atoms with Gasteiger partial charge in [0.2, 0.25) is 11.7 Å². The summed E-state index contributed by atoms with van der Waals surface area (Å²) in [4.78, 5) is 20.8. The number of amides is 1. The van der Waals surface area contributed by atoms with Gasteiger partial charge in [-0.3, -0.25) is 9.20 Å². The van der Waals surface area contributed by atoms with Gasteiger partial charge in [0.15, 0.2) is 0 Å². The molecule has 0 fully saturated rings. The third-order valence-electron chi connectivity index (χ3n) is 4.18. The van der Waals surface area contributed by atoms with Crippen LogP contribution < -0.4 is 5.32 Å². The minimum atomic E-state index is 0.0125. The zero-order chi connectivity index (χ0) is 17.8. The third kappa shape index (κ3) is 3.62. The molecule has 0 unspecified atom stereocenters. The van der Waals surface area contributed by atoms with Gasteiger partial charge in [-0.1, -0.05) is 42.5 Å². The normalized spacial score (nSPS) is 10.8. The molecule has 2 aromatic heterocycles. The monoisotopic (exact) mass is 342 g/mol. The smallest absolute Gasteiger partial charge is 0.234 e. The van der Waals surface area contributed by atoms with Gasteiger partial charge in [-0.15, -0.1) is 0 Å². The van der Waals surface area contributed by atoms with Crippen molar-refractivity contribution in [2.75, 3.05) is 5.32 Å². The number of aromatic nitrogens is 3. The molecule has 2 heterocycles. The molecule has 1 amide bonds. The Morgan fingerprint density at radius 3 is 2.58 bits per heavy atom. The lowest BCUT2D eigenvalue weighted by atomic mass is 10.1. The second-order valence-electron chi connectivity index (χ2n) is 6.06. The number of fused-ring (bicyclic) bond motifs is 1. The van der Waals surface area contributed by atoms with Crippen LogP contribution in [0.1, 0.15) is 12.0 Å². The molecule has 1 N–H and O–H groups in total. The van der Waals surface area contributed by atoms with Crippen molar-refractivity contribution in [1.82, 2.24) is 14.4 Å². The SMILES string of the molecule is O=C(CCc1ccccc1)Nc1ccc(-c2cn3cccnc3n2)cc1. The van der Waals surface area contributed by atoms with Crippen LogP contribution in [0.15, 0.2) is 79.3 Å². The van der Waals surface area contributed by atoms with Crippen molar-refractivity contribution >= 4 is 17.4 Å². The van der Waals surface area contributed by atoms with E-state index in [0.29, 0.717) is 12.2 Å². The molecule has 0 saturated heterocycles. The summed E-state index contributed by atoms with van der Waals surface area (Å²) in [6.07, 6.45) is 6.78. The quantitative estimate of drug-likeness (QED) is 0.597. The Kier molecular flexibility index (Phi) is 4.43. The van der Waals surface area contributed by atoms with Gasteiger partial charge >= 0.3 is 0 Å². The van der Waals surface area contributed by atoms with Crippen LogP contribution in [0.4, 0.5) is 5.69 Å². The van der Waals surface area contributed by atoms with Crippen molar-refractivity contribution in [3.63, 3.8) is 0 Å². The number of nitrogens with zero attached hydrogens (tertiary/aromatic N) is 3. The molecular formula is C21H18N4O. The van der Waals surface area contributed by atoms with Crippen LogP contribution in [-0.2, 0) is 11.2 Å². The van der Waals surface area contributed by atoms with Gasteiger partial charge < -0.3 is 5.32 Å². The highest BCUT2D eigenvalue weighted by atomic mass is 16.1. The lowest BCUT2D eigenvalue weighted by Gasteiger charge is -2.06. The van der Waals surface area contributed by atoms with Crippen LogP contribution in [-0.4, -0.2) is 20.3 Å². The molecule has 128 valence electrons. The highest BCUT2D eigenvalue weighted by molar-refractivity contribution is 5.91. The van der Waals surface area contributed by atoms with Crippen LogP contribution in [0, 0.1) is 0 Å². The Hall–Kier alpha value is -3.47. The molecule has 0 atom stereocenters. The highest BCUT2D eigenvalue weighted by Crippen LogP contribution is 2.21. The number of nitrogens with one attached hydrogen (secondary N) is 1. The molecule has 0 saturated carbocycles. The molecule has 4 aromatic rings. The standard InChI is InChI=1S/C21H18N4O/c26-20(12-7-16-5-2-1-3-6-16)23-18-10-8-17(9-11-18)19-15-25-14-4-13-22-21(25)24-19/h1-6,8-11,13-15H,7,12H2,(H,23,26). The van der Waals surface area contributed by atoms with E-state index in [2.05, 4.69) is 15.3 Å². The van der Waals surface area contributed by atoms with E-state index in [1.807, 2.05) is 77.5 Å². The number of benzene rings is 2. The van der Waals surface area contributed by atoms with Gasteiger partial charge in [0.1, 0.15) is 0 Å². The summed E-state index contributed by atoms with van der Waals surface area (Å²) >= 11 is 0. The maximum atomic E-state index is 12.1. The number of carbonyl (C=O) groups excluding carboxylic acids is 1. The molecule has 26 heavy (non-hydrogen) atoms. The number of imidazole rings is 1. The van der Waals surface area contributed by atoms with E-state index in [1.54, 1.807) is 6.20 Å². The van der Waals surface area contributed by atoms with Crippen molar-refractivity contribution < 1.29 is 4.79 Å². The Balaban J connectivity index is 1.40. The van der Waals surface area contributed by atoms with E-state index in [0.717, 1.165) is 23.4 Å².